The first-order valence-electron chi connectivity index (χ1n) is 1.66. The van der Waals surface area contributed by atoms with Gasteiger partial charge >= 0.3 is 0 Å². The number of hydrogen-bond donors (Lipinski definition) is 0. The van der Waals surface area contributed by atoms with Crippen LogP contribution in [0.2, 0.25) is 0 Å². The molecule has 31 valence electrons. The van der Waals surface area contributed by atoms with Crippen LogP contribution in [0, 0.1) is 0 Å². The first-order valence-corrected chi connectivity index (χ1v) is 1.66. The lowest BCUT2D eigenvalue weighted by atomic mass is 10.5. The molecule has 0 fully saturated rings. The van der Waals surface area contributed by atoms with Crippen molar-refractivity contribution in [3.05, 3.63) is 0 Å². The van der Waals surface area contributed by atoms with Gasteiger partial charge in [0.15, 0.2) is 0 Å². The van der Waals surface area contributed by atoms with Gasteiger partial charge in [0, 0.05) is 0 Å². The van der Waals surface area contributed by atoms with E-state index < -0.39 is 0 Å². The van der Waals surface area contributed by atoms with Crippen molar-refractivity contribution in [2.75, 3.05) is 6.61 Å². The molecule has 0 rings (SSSR count). The zero-order valence-corrected chi connectivity index (χ0v) is 3.23. The molecule has 2 nitrogen and oxygen atoms in total. The van der Waals surface area contributed by atoms with Gasteiger partial charge < -0.3 is 0 Å². The lowest BCUT2D eigenvalue weighted by molar-refractivity contribution is -0.303. The summed E-state index contributed by atoms with van der Waals surface area (Å²) < 4.78 is 0. The Hall–Kier alpha value is -0.0800. The van der Waals surface area contributed by atoms with Gasteiger partial charge in [-0.05, 0) is 11.7 Å². The maximum Gasteiger partial charge on any atom is 0.0852 e. The minimum Gasteiger partial charge on any atom is -0.204 e. The van der Waals surface area contributed by atoms with Gasteiger partial charge in [0.1, 0.15) is 0 Å². The van der Waals surface area contributed by atoms with E-state index in [9.17, 15) is 0 Å². The largest absolute Gasteiger partial charge is 0.204 e. The van der Waals surface area contributed by atoms with Gasteiger partial charge in [-0.3, -0.25) is 0 Å². The molecule has 0 aliphatic rings. The maximum absolute atomic E-state index is 9.03. The van der Waals surface area contributed by atoms with E-state index in [1.54, 1.807) is 0 Å². The molecule has 2 heteroatoms. The second-order valence-electron chi connectivity index (χ2n) is 0.822. The van der Waals surface area contributed by atoms with E-state index in [4.69, 9.17) is 5.26 Å². The minimum absolute atomic E-state index is 0.333. The fraction of sp³-hybridized carbons (Fsp3) is 1.00. The van der Waals surface area contributed by atoms with E-state index in [1.807, 2.05) is 6.92 Å². The fourth-order valence-electron chi connectivity index (χ4n) is 0.0833. The van der Waals surface area contributed by atoms with Crippen LogP contribution < -0.4 is 0 Å². The van der Waals surface area contributed by atoms with Gasteiger partial charge in [-0.25, -0.2) is 4.89 Å². The average molecular weight is 75.1 g/mol. The smallest absolute Gasteiger partial charge is 0.0852 e. The van der Waals surface area contributed by atoms with Crippen molar-refractivity contribution in [3.8, 4) is 0 Å². The first-order chi connectivity index (χ1) is 2.41. The van der Waals surface area contributed by atoms with Gasteiger partial charge in [-0.1, -0.05) is 6.92 Å². The van der Waals surface area contributed by atoms with Crippen LogP contribution in [-0.2, 0) is 10.1 Å². The van der Waals surface area contributed by atoms with Crippen molar-refractivity contribution >= 4 is 0 Å². The molecule has 0 aromatic carbocycles. The van der Waals surface area contributed by atoms with Crippen molar-refractivity contribution in [3.63, 3.8) is 0 Å². The quantitative estimate of drug-likeness (QED) is 0.352. The Morgan fingerprint density at radius 3 is 2.40 bits per heavy atom. The predicted octanol–water partition coefficient (Wildman–Crippen LogP) is 0.758. The topological polar surface area (TPSA) is 29.1 Å². The van der Waals surface area contributed by atoms with Crippen LogP contribution in [0.5, 0.6) is 0 Å². The minimum atomic E-state index is 0.333. The highest BCUT2D eigenvalue weighted by Crippen LogP contribution is 1.71. The molecule has 0 aromatic rings. The molecule has 0 amide bonds. The van der Waals surface area contributed by atoms with Crippen LogP contribution in [0.1, 0.15) is 13.3 Å². The molecule has 0 N–H and O–H groups in total. The summed E-state index contributed by atoms with van der Waals surface area (Å²) in [5, 5.41) is 9.03. The van der Waals surface area contributed by atoms with E-state index in [0.717, 1.165) is 6.42 Å². The van der Waals surface area contributed by atoms with E-state index >= 15 is 0 Å². The molecule has 0 saturated heterocycles. The summed E-state index contributed by atoms with van der Waals surface area (Å²) in [6, 6.07) is 0. The van der Waals surface area contributed by atoms with Gasteiger partial charge in [-0.15, -0.1) is 0 Å². The second-order valence-corrected chi connectivity index (χ2v) is 0.822. The highest BCUT2D eigenvalue weighted by Gasteiger charge is 1.70. The van der Waals surface area contributed by atoms with Gasteiger partial charge in [0.05, 0.1) is 6.61 Å². The van der Waals surface area contributed by atoms with Crippen LogP contribution in [0.15, 0.2) is 0 Å². The Balaban J connectivity index is 2.19. The molecule has 0 spiro atoms. The van der Waals surface area contributed by atoms with Gasteiger partial charge in [0.2, 0.25) is 0 Å². The summed E-state index contributed by atoms with van der Waals surface area (Å²) >= 11 is 0. The van der Waals surface area contributed by atoms with Crippen LogP contribution in [0.4, 0.5) is 0 Å². The molecular formula is C3H7O2. The maximum atomic E-state index is 9.03. The number of hydrogen-bond acceptors (Lipinski definition) is 1. The van der Waals surface area contributed by atoms with Crippen molar-refractivity contribution < 1.29 is 10.1 Å². The van der Waals surface area contributed by atoms with Crippen molar-refractivity contribution in [2.24, 2.45) is 0 Å². The molecule has 1 radical (unpaired) electrons. The Kier molecular flexibility index (Phi) is 3.86. The summed E-state index contributed by atoms with van der Waals surface area (Å²) in [6.45, 7) is 2.22. The van der Waals surface area contributed by atoms with Gasteiger partial charge in [-0.2, -0.15) is 0 Å². The van der Waals surface area contributed by atoms with E-state index in [0.29, 0.717) is 6.61 Å². The van der Waals surface area contributed by atoms with Crippen molar-refractivity contribution in [1.82, 2.24) is 0 Å². The molecule has 0 bridgehead atoms. The Bertz CT molecular complexity index is 12.4. The molecule has 0 unspecified atom stereocenters. The normalized spacial score (nSPS) is 8.40. The Morgan fingerprint density at radius 2 is 2.40 bits per heavy atom. The van der Waals surface area contributed by atoms with E-state index in [-0.39, 0.29) is 0 Å². The lowest BCUT2D eigenvalue weighted by Crippen LogP contribution is -1.79. The fourth-order valence-corrected chi connectivity index (χ4v) is 0.0833. The molecule has 0 aromatic heterocycles. The van der Waals surface area contributed by atoms with Crippen LogP contribution in [0.25, 0.3) is 0 Å². The summed E-state index contributed by atoms with van der Waals surface area (Å²) in [6.07, 6.45) is 0.809. The molecule has 0 aliphatic heterocycles. The first kappa shape index (κ1) is 4.92. The summed E-state index contributed by atoms with van der Waals surface area (Å²) in [5.41, 5.74) is 0. The molecule has 0 saturated carbocycles. The summed E-state index contributed by atoms with van der Waals surface area (Å²) in [7, 11) is 0. The summed E-state index contributed by atoms with van der Waals surface area (Å²) in [5.74, 6) is 0. The third-order valence-corrected chi connectivity index (χ3v) is 0.287. The van der Waals surface area contributed by atoms with Crippen molar-refractivity contribution in [1.29, 1.82) is 0 Å². The standard InChI is InChI=1S/C3H7O2/c1-2-3-5-4/h2-3H2,1H3. The second kappa shape index (κ2) is 3.92. The average Bonchev–Trinajstić information content (AvgIpc) is 1.41. The van der Waals surface area contributed by atoms with Crippen LogP contribution >= 0.6 is 0 Å². The Morgan fingerprint density at radius 1 is 1.80 bits per heavy atom. The van der Waals surface area contributed by atoms with Crippen molar-refractivity contribution in [2.45, 2.75) is 13.3 Å². The molecule has 0 atom stereocenters. The van der Waals surface area contributed by atoms with E-state index in [1.165, 1.54) is 0 Å². The summed E-state index contributed by atoms with van der Waals surface area (Å²) in [4.78, 5) is 3.44. The highest BCUT2D eigenvalue weighted by molar-refractivity contribution is 4.12. The molecule has 5 heavy (non-hydrogen) atoms. The van der Waals surface area contributed by atoms with Gasteiger partial charge in [0.25, 0.3) is 0 Å². The molecular weight excluding hydrogens is 68.0 g/mol. The third kappa shape index (κ3) is 3.92. The number of rotatable bonds is 2. The highest BCUT2D eigenvalue weighted by atomic mass is 17.1. The molecule has 0 heterocycles. The van der Waals surface area contributed by atoms with E-state index in [2.05, 4.69) is 4.89 Å². The SMILES string of the molecule is CCCO[O]. The van der Waals surface area contributed by atoms with Crippen LogP contribution in [-0.4, -0.2) is 6.61 Å². The zero-order valence-electron chi connectivity index (χ0n) is 3.23. The predicted molar refractivity (Wildman–Crippen MR) is 16.9 cm³/mol. The monoisotopic (exact) mass is 75.0 g/mol. The zero-order chi connectivity index (χ0) is 4.12. The van der Waals surface area contributed by atoms with Crippen LogP contribution in [0.3, 0.4) is 0 Å². The Labute approximate surface area is 31.3 Å². The molecule has 0 aliphatic carbocycles. The lowest BCUT2D eigenvalue weighted by Gasteiger charge is -1.78. The third-order valence-electron chi connectivity index (χ3n) is 0.287.